The highest BCUT2D eigenvalue weighted by Gasteiger charge is 2.23. The summed E-state index contributed by atoms with van der Waals surface area (Å²) in [6, 6.07) is 5.14. The minimum atomic E-state index is -3.58. The van der Waals surface area contributed by atoms with E-state index in [-0.39, 0.29) is 18.5 Å². The van der Waals surface area contributed by atoms with Gasteiger partial charge in [-0.25, -0.2) is 8.42 Å². The monoisotopic (exact) mass is 372 g/mol. The van der Waals surface area contributed by atoms with Crippen molar-refractivity contribution in [3.63, 3.8) is 0 Å². The molecule has 1 aromatic carbocycles. The second-order valence-electron chi connectivity index (χ2n) is 6.46. The molecule has 1 fully saturated rings. The summed E-state index contributed by atoms with van der Waals surface area (Å²) in [5, 5.41) is 3.46. The Labute approximate surface area is 149 Å². The van der Waals surface area contributed by atoms with Gasteiger partial charge in [-0.05, 0) is 37.5 Å². The van der Waals surface area contributed by atoms with Crippen molar-refractivity contribution in [3.8, 4) is 0 Å². The van der Waals surface area contributed by atoms with Gasteiger partial charge in [0, 0.05) is 11.1 Å². The van der Waals surface area contributed by atoms with Gasteiger partial charge in [-0.3, -0.25) is 9.10 Å². The second kappa shape index (κ2) is 8.21. The maximum absolute atomic E-state index is 12.4. The molecule has 0 aromatic heterocycles. The third-order valence-corrected chi connectivity index (χ3v) is 5.90. The summed E-state index contributed by atoms with van der Waals surface area (Å²) < 4.78 is 25.3. The summed E-state index contributed by atoms with van der Waals surface area (Å²) in [7, 11) is -3.58. The van der Waals surface area contributed by atoms with Gasteiger partial charge in [-0.1, -0.05) is 43.4 Å². The molecule has 134 valence electrons. The van der Waals surface area contributed by atoms with Crippen LogP contribution in [0.2, 0.25) is 5.02 Å². The van der Waals surface area contributed by atoms with Crippen molar-refractivity contribution >= 4 is 33.2 Å². The van der Waals surface area contributed by atoms with Crippen LogP contribution in [0.25, 0.3) is 0 Å². The lowest BCUT2D eigenvalue weighted by Crippen LogP contribution is -2.44. The molecule has 1 aliphatic carbocycles. The third-order valence-electron chi connectivity index (χ3n) is 4.35. The number of hydrogen-bond donors (Lipinski definition) is 1. The molecule has 7 heteroatoms. The first-order chi connectivity index (χ1) is 11.3. The van der Waals surface area contributed by atoms with Gasteiger partial charge in [0.2, 0.25) is 15.9 Å². The van der Waals surface area contributed by atoms with E-state index in [1.165, 1.54) is 12.8 Å². The Bertz CT molecular complexity index is 683. The van der Waals surface area contributed by atoms with Gasteiger partial charge in [0.15, 0.2) is 0 Å². The van der Waals surface area contributed by atoms with Crippen LogP contribution in [0.1, 0.15) is 44.1 Å². The first-order valence-corrected chi connectivity index (χ1v) is 10.5. The highest BCUT2D eigenvalue weighted by atomic mass is 35.5. The van der Waals surface area contributed by atoms with Crippen LogP contribution in [0, 0.1) is 6.92 Å². The number of nitrogens with zero attached hydrogens (tertiary/aromatic N) is 1. The van der Waals surface area contributed by atoms with Crippen LogP contribution in [-0.2, 0) is 14.8 Å². The average Bonchev–Trinajstić information content (AvgIpc) is 2.75. The summed E-state index contributed by atoms with van der Waals surface area (Å²) in [6.45, 7) is 1.62. The fraction of sp³-hybridized carbons (Fsp3) is 0.588. The van der Waals surface area contributed by atoms with Crippen molar-refractivity contribution in [2.45, 2.75) is 51.5 Å². The highest BCUT2D eigenvalue weighted by molar-refractivity contribution is 7.92. The zero-order chi connectivity index (χ0) is 17.7. The van der Waals surface area contributed by atoms with Gasteiger partial charge in [-0.2, -0.15) is 0 Å². The molecule has 0 aliphatic heterocycles. The van der Waals surface area contributed by atoms with Crippen molar-refractivity contribution in [1.82, 2.24) is 5.32 Å². The molecule has 24 heavy (non-hydrogen) atoms. The molecule has 0 atom stereocenters. The molecule has 0 bridgehead atoms. The van der Waals surface area contributed by atoms with E-state index < -0.39 is 10.0 Å². The number of rotatable bonds is 5. The smallest absolute Gasteiger partial charge is 0.240 e. The molecule has 0 spiro atoms. The van der Waals surface area contributed by atoms with Gasteiger partial charge >= 0.3 is 0 Å². The largest absolute Gasteiger partial charge is 0.352 e. The molecule has 2 rings (SSSR count). The van der Waals surface area contributed by atoms with Crippen molar-refractivity contribution in [1.29, 1.82) is 0 Å². The number of anilines is 1. The Balaban J connectivity index is 2.11. The Morgan fingerprint density at radius 2 is 1.88 bits per heavy atom. The molecule has 1 amide bonds. The number of carbonyl (C=O) groups excluding carboxylic acids is 1. The summed E-state index contributed by atoms with van der Waals surface area (Å²) in [5.41, 5.74) is 1.26. The van der Waals surface area contributed by atoms with Crippen molar-refractivity contribution in [2.24, 2.45) is 0 Å². The first-order valence-electron chi connectivity index (χ1n) is 8.30. The van der Waals surface area contributed by atoms with Crippen LogP contribution in [0.15, 0.2) is 18.2 Å². The number of carbonyl (C=O) groups is 1. The van der Waals surface area contributed by atoms with E-state index in [1.54, 1.807) is 18.2 Å². The minimum absolute atomic E-state index is 0.142. The van der Waals surface area contributed by atoms with E-state index >= 15 is 0 Å². The maximum Gasteiger partial charge on any atom is 0.240 e. The molecular weight excluding hydrogens is 348 g/mol. The summed E-state index contributed by atoms with van der Waals surface area (Å²) in [5.74, 6) is -0.274. The van der Waals surface area contributed by atoms with Crippen molar-refractivity contribution in [2.75, 3.05) is 17.1 Å². The summed E-state index contributed by atoms with van der Waals surface area (Å²) in [6.07, 6.45) is 7.62. The van der Waals surface area contributed by atoms with Gasteiger partial charge < -0.3 is 5.32 Å². The van der Waals surface area contributed by atoms with Crippen molar-refractivity contribution < 1.29 is 13.2 Å². The molecular formula is C17H25ClN2O3S. The normalized spacial score (nSPS) is 16.5. The van der Waals surface area contributed by atoms with Crippen LogP contribution in [0.3, 0.4) is 0 Å². The lowest BCUT2D eigenvalue weighted by atomic mass is 10.1. The average molecular weight is 373 g/mol. The zero-order valence-electron chi connectivity index (χ0n) is 14.2. The van der Waals surface area contributed by atoms with Crippen LogP contribution < -0.4 is 9.62 Å². The van der Waals surface area contributed by atoms with E-state index in [0.717, 1.165) is 41.8 Å². The fourth-order valence-corrected chi connectivity index (χ4v) is 3.99. The van der Waals surface area contributed by atoms with Crippen LogP contribution >= 0.6 is 11.6 Å². The predicted molar refractivity (Wildman–Crippen MR) is 98.0 cm³/mol. The fourth-order valence-electron chi connectivity index (χ4n) is 2.96. The SMILES string of the molecule is Cc1ccc(N(CC(=O)NC2CCCCCC2)S(C)(=O)=O)cc1Cl. The molecule has 0 saturated heterocycles. The van der Waals surface area contributed by atoms with Gasteiger partial charge in [0.25, 0.3) is 0 Å². The molecule has 0 unspecified atom stereocenters. The quantitative estimate of drug-likeness (QED) is 0.807. The van der Waals surface area contributed by atoms with Crippen LogP contribution in [0.4, 0.5) is 5.69 Å². The number of hydrogen-bond acceptors (Lipinski definition) is 3. The van der Waals surface area contributed by atoms with E-state index in [4.69, 9.17) is 11.6 Å². The Morgan fingerprint density at radius 1 is 1.25 bits per heavy atom. The summed E-state index contributed by atoms with van der Waals surface area (Å²) in [4.78, 5) is 12.4. The first kappa shape index (κ1) is 19.1. The maximum atomic E-state index is 12.4. The number of aryl methyl sites for hydroxylation is 1. The molecule has 1 N–H and O–H groups in total. The molecule has 5 nitrogen and oxygen atoms in total. The van der Waals surface area contributed by atoms with Crippen LogP contribution in [-0.4, -0.2) is 33.2 Å². The van der Waals surface area contributed by atoms with Crippen LogP contribution in [0.5, 0.6) is 0 Å². The van der Waals surface area contributed by atoms with Gasteiger partial charge in [0.1, 0.15) is 6.54 Å². The molecule has 0 heterocycles. The standard InChI is InChI=1S/C17H25ClN2O3S/c1-13-9-10-15(11-16(13)18)20(24(2,22)23)12-17(21)19-14-7-5-3-4-6-8-14/h9-11,14H,3-8,12H2,1-2H3,(H,19,21). The Kier molecular flexibility index (Phi) is 6.52. The van der Waals surface area contributed by atoms with Gasteiger partial charge in [-0.15, -0.1) is 0 Å². The Hall–Kier alpha value is -1.27. The topological polar surface area (TPSA) is 66.5 Å². The predicted octanol–water partition coefficient (Wildman–Crippen LogP) is 3.25. The molecule has 0 radical (unpaired) electrons. The van der Waals surface area contributed by atoms with E-state index in [9.17, 15) is 13.2 Å². The minimum Gasteiger partial charge on any atom is -0.352 e. The number of nitrogens with one attached hydrogen (secondary N) is 1. The molecule has 1 saturated carbocycles. The number of benzene rings is 1. The number of sulfonamides is 1. The van der Waals surface area contributed by atoms with E-state index in [2.05, 4.69) is 5.32 Å². The van der Waals surface area contributed by atoms with Crippen molar-refractivity contribution in [3.05, 3.63) is 28.8 Å². The number of halogens is 1. The van der Waals surface area contributed by atoms with Gasteiger partial charge in [0.05, 0.1) is 11.9 Å². The summed E-state index contributed by atoms with van der Waals surface area (Å²) >= 11 is 6.10. The molecule has 1 aromatic rings. The van der Waals surface area contributed by atoms with E-state index in [1.807, 2.05) is 6.92 Å². The Morgan fingerprint density at radius 3 is 2.42 bits per heavy atom. The third kappa shape index (κ3) is 5.38. The highest BCUT2D eigenvalue weighted by Crippen LogP contribution is 2.25. The molecule has 1 aliphatic rings. The lowest BCUT2D eigenvalue weighted by molar-refractivity contribution is -0.120. The number of amides is 1. The zero-order valence-corrected chi connectivity index (χ0v) is 15.8. The van der Waals surface area contributed by atoms with E-state index in [0.29, 0.717) is 10.7 Å². The second-order valence-corrected chi connectivity index (χ2v) is 8.77. The lowest BCUT2D eigenvalue weighted by Gasteiger charge is -2.24.